The van der Waals surface area contributed by atoms with E-state index in [9.17, 15) is 0 Å². The molecule has 18 heavy (non-hydrogen) atoms. The smallest absolute Gasteiger partial charge is 0.129 e. The maximum Gasteiger partial charge on any atom is 0.129 e. The Balaban J connectivity index is 1.63. The van der Waals surface area contributed by atoms with Crippen LogP contribution in [-0.4, -0.2) is 25.9 Å². The highest BCUT2D eigenvalue weighted by atomic mass is 16.5. The summed E-state index contributed by atoms with van der Waals surface area (Å²) in [5.41, 5.74) is 0. The van der Waals surface area contributed by atoms with Gasteiger partial charge in [-0.3, -0.25) is 0 Å². The zero-order chi connectivity index (χ0) is 12.6. The molecule has 0 radical (unpaired) electrons. The van der Waals surface area contributed by atoms with E-state index in [-0.39, 0.29) is 6.10 Å². The van der Waals surface area contributed by atoms with E-state index in [2.05, 4.69) is 12.2 Å². The van der Waals surface area contributed by atoms with E-state index >= 15 is 0 Å². The number of hydrogen-bond acceptors (Lipinski definition) is 4. The van der Waals surface area contributed by atoms with Crippen LogP contribution in [0.1, 0.15) is 37.7 Å². The lowest BCUT2D eigenvalue weighted by Gasteiger charge is -2.08. The first-order valence-corrected chi connectivity index (χ1v) is 6.86. The average Bonchev–Trinajstić information content (AvgIpc) is 3.01. The van der Waals surface area contributed by atoms with Gasteiger partial charge < -0.3 is 19.2 Å². The summed E-state index contributed by atoms with van der Waals surface area (Å²) in [4.78, 5) is 0. The van der Waals surface area contributed by atoms with E-state index in [1.165, 1.54) is 0 Å². The van der Waals surface area contributed by atoms with E-state index in [0.717, 1.165) is 50.5 Å². The first-order chi connectivity index (χ1) is 8.88. The number of ether oxygens (including phenoxy) is 2. The van der Waals surface area contributed by atoms with Crippen LogP contribution in [0.5, 0.6) is 0 Å². The summed E-state index contributed by atoms with van der Waals surface area (Å²) < 4.78 is 16.8. The minimum Gasteiger partial charge on any atom is -0.462 e. The molecule has 4 nitrogen and oxygen atoms in total. The van der Waals surface area contributed by atoms with Gasteiger partial charge in [0.25, 0.3) is 0 Å². The minimum atomic E-state index is 0.283. The molecule has 0 aliphatic carbocycles. The van der Waals surface area contributed by atoms with Crippen LogP contribution < -0.4 is 5.32 Å². The second kappa shape index (κ2) is 7.56. The molecule has 1 aliphatic heterocycles. The number of hydrogen-bond donors (Lipinski definition) is 1. The molecule has 0 saturated carbocycles. The quantitative estimate of drug-likeness (QED) is 0.723. The molecule has 0 bridgehead atoms. The fourth-order valence-corrected chi connectivity index (χ4v) is 2.05. The monoisotopic (exact) mass is 253 g/mol. The Morgan fingerprint density at radius 2 is 2.28 bits per heavy atom. The Morgan fingerprint density at radius 3 is 3.06 bits per heavy atom. The molecule has 1 unspecified atom stereocenters. The summed E-state index contributed by atoms with van der Waals surface area (Å²) >= 11 is 0. The normalized spacial score (nSPS) is 19.5. The van der Waals surface area contributed by atoms with E-state index in [0.29, 0.717) is 13.2 Å². The third-order valence-corrected chi connectivity index (χ3v) is 3.02. The van der Waals surface area contributed by atoms with Crippen LogP contribution in [0.2, 0.25) is 0 Å². The van der Waals surface area contributed by atoms with Crippen molar-refractivity contribution in [2.75, 3.05) is 19.8 Å². The molecule has 0 amide bonds. The topological polar surface area (TPSA) is 43.6 Å². The van der Waals surface area contributed by atoms with Crippen molar-refractivity contribution in [3.05, 3.63) is 23.7 Å². The van der Waals surface area contributed by atoms with Crippen molar-refractivity contribution in [1.82, 2.24) is 5.32 Å². The van der Waals surface area contributed by atoms with Gasteiger partial charge in [-0.1, -0.05) is 6.92 Å². The van der Waals surface area contributed by atoms with Crippen molar-refractivity contribution in [2.24, 2.45) is 0 Å². The number of rotatable bonds is 8. The molecule has 0 aromatic carbocycles. The minimum absolute atomic E-state index is 0.283. The van der Waals surface area contributed by atoms with Gasteiger partial charge in [-0.25, -0.2) is 0 Å². The van der Waals surface area contributed by atoms with Crippen molar-refractivity contribution in [2.45, 2.75) is 45.4 Å². The maximum absolute atomic E-state index is 5.67. The lowest BCUT2D eigenvalue weighted by Crippen LogP contribution is -2.14. The van der Waals surface area contributed by atoms with Crippen LogP contribution in [0.15, 0.2) is 16.5 Å². The van der Waals surface area contributed by atoms with Crippen molar-refractivity contribution >= 4 is 0 Å². The first kappa shape index (κ1) is 13.6. The predicted octanol–water partition coefficient (Wildman–Crippen LogP) is 2.47. The second-order valence-electron chi connectivity index (χ2n) is 4.69. The molecule has 1 atom stereocenters. The SMILES string of the molecule is CCCNCc1ccc(COCC2CCCO2)o1. The molecule has 1 N–H and O–H groups in total. The molecule has 4 heteroatoms. The predicted molar refractivity (Wildman–Crippen MR) is 69.3 cm³/mol. The summed E-state index contributed by atoms with van der Waals surface area (Å²) in [6, 6.07) is 3.99. The molecule has 2 heterocycles. The van der Waals surface area contributed by atoms with Gasteiger partial charge in [0.15, 0.2) is 0 Å². The molecule has 1 aliphatic rings. The molecule has 1 aromatic rings. The fraction of sp³-hybridized carbons (Fsp3) is 0.714. The number of nitrogens with one attached hydrogen (secondary N) is 1. The van der Waals surface area contributed by atoms with Gasteiger partial charge in [0, 0.05) is 6.61 Å². The lowest BCUT2D eigenvalue weighted by molar-refractivity contribution is 0.00557. The summed E-state index contributed by atoms with van der Waals surface area (Å²) in [6.07, 6.45) is 3.69. The van der Waals surface area contributed by atoms with Crippen LogP contribution in [0, 0.1) is 0 Å². The Hall–Kier alpha value is -0.840. The van der Waals surface area contributed by atoms with Crippen LogP contribution in [-0.2, 0) is 22.6 Å². The highest BCUT2D eigenvalue weighted by Gasteiger charge is 2.15. The fourth-order valence-electron chi connectivity index (χ4n) is 2.05. The van der Waals surface area contributed by atoms with Crippen LogP contribution >= 0.6 is 0 Å². The van der Waals surface area contributed by atoms with Crippen molar-refractivity contribution < 1.29 is 13.9 Å². The zero-order valence-corrected chi connectivity index (χ0v) is 11.1. The Morgan fingerprint density at radius 1 is 1.39 bits per heavy atom. The van der Waals surface area contributed by atoms with Crippen molar-refractivity contribution in [3.8, 4) is 0 Å². The Bertz CT molecular complexity index is 332. The lowest BCUT2D eigenvalue weighted by atomic mass is 10.2. The third-order valence-electron chi connectivity index (χ3n) is 3.02. The second-order valence-corrected chi connectivity index (χ2v) is 4.69. The van der Waals surface area contributed by atoms with Crippen LogP contribution in [0.3, 0.4) is 0 Å². The Kier molecular flexibility index (Phi) is 5.71. The molecular weight excluding hydrogens is 230 g/mol. The molecular formula is C14H23NO3. The van der Waals surface area contributed by atoms with Gasteiger partial charge >= 0.3 is 0 Å². The van der Waals surface area contributed by atoms with Gasteiger partial charge in [-0.05, 0) is 37.9 Å². The van der Waals surface area contributed by atoms with Gasteiger partial charge in [0.1, 0.15) is 18.1 Å². The Labute approximate surface area is 109 Å². The van der Waals surface area contributed by atoms with Gasteiger partial charge in [0.2, 0.25) is 0 Å². The summed E-state index contributed by atoms with van der Waals surface area (Å²) in [7, 11) is 0. The third kappa shape index (κ3) is 4.44. The van der Waals surface area contributed by atoms with Crippen molar-refractivity contribution in [3.63, 3.8) is 0 Å². The summed E-state index contributed by atoms with van der Waals surface area (Å²) in [6.45, 7) is 6.05. The van der Waals surface area contributed by atoms with Crippen LogP contribution in [0.25, 0.3) is 0 Å². The molecule has 0 spiro atoms. The largest absolute Gasteiger partial charge is 0.462 e. The van der Waals surface area contributed by atoms with E-state index in [1.807, 2.05) is 12.1 Å². The molecule has 2 rings (SSSR count). The highest BCUT2D eigenvalue weighted by Crippen LogP contribution is 2.14. The van der Waals surface area contributed by atoms with E-state index in [1.54, 1.807) is 0 Å². The van der Waals surface area contributed by atoms with Crippen molar-refractivity contribution in [1.29, 1.82) is 0 Å². The molecule has 102 valence electrons. The average molecular weight is 253 g/mol. The van der Waals surface area contributed by atoms with Gasteiger partial charge in [-0.2, -0.15) is 0 Å². The molecule has 1 aromatic heterocycles. The summed E-state index contributed by atoms with van der Waals surface area (Å²) in [5.74, 6) is 1.86. The van der Waals surface area contributed by atoms with E-state index < -0.39 is 0 Å². The molecule has 1 saturated heterocycles. The number of furan rings is 1. The maximum atomic E-state index is 5.67. The van der Waals surface area contributed by atoms with E-state index in [4.69, 9.17) is 13.9 Å². The zero-order valence-electron chi connectivity index (χ0n) is 11.1. The first-order valence-electron chi connectivity index (χ1n) is 6.86. The standard InChI is InChI=1S/C14H23NO3/c1-2-7-15-9-12-5-6-14(18-12)11-16-10-13-4-3-8-17-13/h5-6,13,15H,2-4,7-11H2,1H3. The van der Waals surface area contributed by atoms with Crippen LogP contribution in [0.4, 0.5) is 0 Å². The van der Waals surface area contributed by atoms with Gasteiger partial charge in [-0.15, -0.1) is 0 Å². The summed E-state index contributed by atoms with van der Waals surface area (Å²) in [5, 5.41) is 3.31. The molecule has 1 fully saturated rings. The van der Waals surface area contributed by atoms with Gasteiger partial charge in [0.05, 0.1) is 19.3 Å². The highest BCUT2D eigenvalue weighted by molar-refractivity contribution is 5.06.